The van der Waals surface area contributed by atoms with Crippen molar-refractivity contribution in [2.75, 3.05) is 14.1 Å². The number of benzene rings is 2. The number of para-hydroxylation sites is 1. The summed E-state index contributed by atoms with van der Waals surface area (Å²) in [5, 5.41) is 0. The minimum Gasteiger partial charge on any atom is -0.456 e. The van der Waals surface area contributed by atoms with Crippen molar-refractivity contribution in [3.63, 3.8) is 0 Å². The van der Waals surface area contributed by atoms with E-state index >= 15 is 0 Å². The van der Waals surface area contributed by atoms with Crippen LogP contribution in [-0.2, 0) is 6.18 Å². The molecule has 0 aliphatic carbocycles. The maximum absolute atomic E-state index is 13.1. The summed E-state index contributed by atoms with van der Waals surface area (Å²) >= 11 is 3.47. The smallest absolute Gasteiger partial charge is 0.419 e. The zero-order chi connectivity index (χ0) is 18.8. The number of nitrogens with zero attached hydrogens (tertiary/aromatic N) is 2. The first-order valence-electron chi connectivity index (χ1n) is 7.45. The molecule has 2 rings (SSSR count). The standard InChI is InChI=1S/C18H18BrF3N2O/c1-11-9-15(12(2)16(19)17(11)23-10-24(3)4)25-14-8-6-5-7-13(14)18(20,21)22/h5-10H,1-4H3. The van der Waals surface area contributed by atoms with Crippen LogP contribution in [0.3, 0.4) is 0 Å². The summed E-state index contributed by atoms with van der Waals surface area (Å²) in [7, 11) is 3.70. The molecule has 3 nitrogen and oxygen atoms in total. The number of aryl methyl sites for hydroxylation is 1. The van der Waals surface area contributed by atoms with Crippen LogP contribution in [0.1, 0.15) is 16.7 Å². The van der Waals surface area contributed by atoms with Crippen LogP contribution in [0, 0.1) is 13.8 Å². The molecular weight excluding hydrogens is 397 g/mol. The molecule has 134 valence electrons. The Kier molecular flexibility index (Phi) is 5.77. The van der Waals surface area contributed by atoms with Crippen LogP contribution in [0.15, 0.2) is 39.8 Å². The van der Waals surface area contributed by atoms with E-state index in [2.05, 4.69) is 20.9 Å². The van der Waals surface area contributed by atoms with Gasteiger partial charge in [0.1, 0.15) is 11.5 Å². The molecule has 0 radical (unpaired) electrons. The lowest BCUT2D eigenvalue weighted by atomic mass is 10.1. The minimum absolute atomic E-state index is 0.228. The monoisotopic (exact) mass is 414 g/mol. The molecule has 0 saturated carbocycles. The Morgan fingerprint density at radius 2 is 1.76 bits per heavy atom. The summed E-state index contributed by atoms with van der Waals surface area (Å²) in [5.74, 6) is 0.124. The normalized spacial score (nSPS) is 11.8. The van der Waals surface area contributed by atoms with Crippen molar-refractivity contribution in [1.29, 1.82) is 0 Å². The summed E-state index contributed by atoms with van der Waals surface area (Å²) in [6.45, 7) is 3.60. The largest absolute Gasteiger partial charge is 0.456 e. The number of hydrogen-bond acceptors (Lipinski definition) is 2. The fraction of sp³-hybridized carbons (Fsp3) is 0.278. The maximum Gasteiger partial charge on any atom is 0.419 e. The van der Waals surface area contributed by atoms with Gasteiger partial charge in [-0.2, -0.15) is 13.2 Å². The molecule has 0 atom stereocenters. The summed E-state index contributed by atoms with van der Waals surface area (Å²) in [5.41, 5.74) is 1.36. The highest BCUT2D eigenvalue weighted by Gasteiger charge is 2.34. The van der Waals surface area contributed by atoms with Crippen molar-refractivity contribution in [3.8, 4) is 11.5 Å². The lowest BCUT2D eigenvalue weighted by Gasteiger charge is -2.17. The number of hydrogen-bond donors (Lipinski definition) is 0. The van der Waals surface area contributed by atoms with Crippen LogP contribution < -0.4 is 4.74 Å². The zero-order valence-corrected chi connectivity index (χ0v) is 15.9. The van der Waals surface area contributed by atoms with Gasteiger partial charge in [-0.1, -0.05) is 12.1 Å². The van der Waals surface area contributed by atoms with E-state index in [0.29, 0.717) is 21.5 Å². The average molecular weight is 415 g/mol. The molecule has 0 heterocycles. The van der Waals surface area contributed by atoms with Gasteiger partial charge in [-0.05, 0) is 53.5 Å². The highest BCUT2D eigenvalue weighted by molar-refractivity contribution is 9.10. The van der Waals surface area contributed by atoms with E-state index in [0.717, 1.165) is 11.6 Å². The number of halogens is 4. The molecule has 0 aliphatic rings. The van der Waals surface area contributed by atoms with Gasteiger partial charge >= 0.3 is 6.18 Å². The van der Waals surface area contributed by atoms with E-state index in [9.17, 15) is 13.2 Å². The second kappa shape index (κ2) is 7.47. The highest BCUT2D eigenvalue weighted by Crippen LogP contribution is 2.42. The molecule has 0 aliphatic heterocycles. The van der Waals surface area contributed by atoms with Crippen LogP contribution in [0.5, 0.6) is 11.5 Å². The number of rotatable bonds is 4. The number of aliphatic imine (C=N–C) groups is 1. The Bertz CT molecular complexity index is 802. The molecule has 2 aromatic carbocycles. The lowest BCUT2D eigenvalue weighted by Crippen LogP contribution is -2.07. The second-order valence-corrected chi connectivity index (χ2v) is 6.58. The van der Waals surface area contributed by atoms with Crippen molar-refractivity contribution >= 4 is 28.0 Å². The quantitative estimate of drug-likeness (QED) is 0.446. The van der Waals surface area contributed by atoms with Crippen LogP contribution in [0.2, 0.25) is 0 Å². The number of alkyl halides is 3. The topological polar surface area (TPSA) is 24.8 Å². The molecule has 0 fully saturated rings. The van der Waals surface area contributed by atoms with Crippen LogP contribution in [-0.4, -0.2) is 25.3 Å². The molecular formula is C18H18BrF3N2O. The van der Waals surface area contributed by atoms with Crippen LogP contribution >= 0.6 is 15.9 Å². The second-order valence-electron chi connectivity index (χ2n) is 5.78. The molecule has 0 aromatic heterocycles. The van der Waals surface area contributed by atoms with Crippen molar-refractivity contribution in [1.82, 2.24) is 4.90 Å². The van der Waals surface area contributed by atoms with E-state index in [1.165, 1.54) is 18.2 Å². The third kappa shape index (κ3) is 4.54. The SMILES string of the molecule is Cc1cc(Oc2ccccc2C(F)(F)F)c(C)c(Br)c1N=CN(C)C. The van der Waals surface area contributed by atoms with E-state index in [1.807, 2.05) is 21.0 Å². The summed E-state index contributed by atoms with van der Waals surface area (Å²) < 4.78 is 45.7. The van der Waals surface area contributed by atoms with Crippen molar-refractivity contribution in [2.24, 2.45) is 4.99 Å². The Labute approximate surface area is 153 Å². The van der Waals surface area contributed by atoms with Gasteiger partial charge in [0.15, 0.2) is 0 Å². The molecule has 0 N–H and O–H groups in total. The predicted octanol–water partition coefficient (Wildman–Crippen LogP) is 6.10. The first-order valence-corrected chi connectivity index (χ1v) is 8.25. The zero-order valence-electron chi connectivity index (χ0n) is 14.3. The first kappa shape index (κ1) is 19.3. The third-order valence-electron chi connectivity index (χ3n) is 3.46. The molecule has 0 saturated heterocycles. The Morgan fingerprint density at radius 3 is 2.36 bits per heavy atom. The van der Waals surface area contributed by atoms with Gasteiger partial charge in [-0.3, -0.25) is 0 Å². The molecule has 0 bridgehead atoms. The third-order valence-corrected chi connectivity index (χ3v) is 4.43. The summed E-state index contributed by atoms with van der Waals surface area (Å²) in [6.07, 6.45) is -2.82. The summed E-state index contributed by atoms with van der Waals surface area (Å²) in [6, 6.07) is 6.85. The highest BCUT2D eigenvalue weighted by atomic mass is 79.9. The molecule has 0 unspecified atom stereocenters. The Hall–Kier alpha value is -2.02. The Balaban J connectivity index is 2.47. The van der Waals surface area contributed by atoms with Crippen molar-refractivity contribution < 1.29 is 17.9 Å². The van der Waals surface area contributed by atoms with Gasteiger partial charge in [0.2, 0.25) is 0 Å². The van der Waals surface area contributed by atoms with Gasteiger partial charge in [-0.25, -0.2) is 4.99 Å². The van der Waals surface area contributed by atoms with Gasteiger partial charge in [-0.15, -0.1) is 0 Å². The fourth-order valence-electron chi connectivity index (χ4n) is 2.18. The predicted molar refractivity (Wildman–Crippen MR) is 97.0 cm³/mol. The minimum atomic E-state index is -4.48. The van der Waals surface area contributed by atoms with Crippen molar-refractivity contribution in [2.45, 2.75) is 20.0 Å². The van der Waals surface area contributed by atoms with E-state index in [-0.39, 0.29) is 5.75 Å². The molecule has 0 amide bonds. The molecule has 7 heteroatoms. The van der Waals surface area contributed by atoms with E-state index in [4.69, 9.17) is 4.74 Å². The van der Waals surface area contributed by atoms with Gasteiger partial charge < -0.3 is 9.64 Å². The Morgan fingerprint density at radius 1 is 1.12 bits per heavy atom. The summed E-state index contributed by atoms with van der Waals surface area (Å²) in [4.78, 5) is 6.19. The van der Waals surface area contributed by atoms with Crippen LogP contribution in [0.4, 0.5) is 18.9 Å². The molecule has 2 aromatic rings. The lowest BCUT2D eigenvalue weighted by molar-refractivity contribution is -0.138. The van der Waals surface area contributed by atoms with Gasteiger partial charge in [0.25, 0.3) is 0 Å². The number of ether oxygens (including phenoxy) is 1. The van der Waals surface area contributed by atoms with Crippen molar-refractivity contribution in [3.05, 3.63) is 51.5 Å². The van der Waals surface area contributed by atoms with Gasteiger partial charge in [0, 0.05) is 19.7 Å². The molecule has 25 heavy (non-hydrogen) atoms. The molecule has 0 spiro atoms. The van der Waals surface area contributed by atoms with Crippen LogP contribution in [0.25, 0.3) is 0 Å². The fourth-order valence-corrected chi connectivity index (χ4v) is 2.79. The first-order chi connectivity index (χ1) is 11.6. The van der Waals surface area contributed by atoms with Gasteiger partial charge in [0.05, 0.1) is 22.1 Å². The van der Waals surface area contributed by atoms with E-state index < -0.39 is 11.7 Å². The maximum atomic E-state index is 13.1. The average Bonchev–Trinajstić information content (AvgIpc) is 2.51. The van der Waals surface area contributed by atoms with E-state index in [1.54, 1.807) is 24.2 Å².